The predicted octanol–water partition coefficient (Wildman–Crippen LogP) is 5.51. The number of amides is 2. The number of anilines is 2. The number of ether oxygens (including phenoxy) is 2. The summed E-state index contributed by atoms with van der Waals surface area (Å²) < 4.78 is 11.1. The molecule has 0 radical (unpaired) electrons. The van der Waals surface area contributed by atoms with Gasteiger partial charge in [-0.1, -0.05) is 42.5 Å². The summed E-state index contributed by atoms with van der Waals surface area (Å²) in [5, 5.41) is 7.74. The summed E-state index contributed by atoms with van der Waals surface area (Å²) in [6, 6.07) is 27.5. The number of benzene rings is 4. The maximum absolute atomic E-state index is 12.8. The fourth-order valence-corrected chi connectivity index (χ4v) is 3.38. The van der Waals surface area contributed by atoms with Gasteiger partial charge in [0.05, 0.1) is 17.9 Å². The van der Waals surface area contributed by atoms with Gasteiger partial charge in [0.2, 0.25) is 0 Å². The van der Waals surface area contributed by atoms with Gasteiger partial charge in [0.25, 0.3) is 11.8 Å². The Morgan fingerprint density at radius 1 is 0.727 bits per heavy atom. The van der Waals surface area contributed by atoms with E-state index in [1.807, 2.05) is 49.4 Å². The summed E-state index contributed by atoms with van der Waals surface area (Å²) in [5.41, 5.74) is 1.39. The smallest absolute Gasteiger partial charge is 0.262 e. The van der Waals surface area contributed by atoms with E-state index in [2.05, 4.69) is 10.6 Å². The fourth-order valence-electron chi connectivity index (χ4n) is 3.38. The fraction of sp³-hybridized carbons (Fsp3) is 0.111. The van der Waals surface area contributed by atoms with Crippen molar-refractivity contribution < 1.29 is 19.1 Å². The third-order valence-corrected chi connectivity index (χ3v) is 4.96. The zero-order valence-electron chi connectivity index (χ0n) is 18.2. The number of carbonyl (C=O) groups excluding carboxylic acids is 2. The Hall–Kier alpha value is -4.32. The highest BCUT2D eigenvalue weighted by Crippen LogP contribution is 2.22. The average molecular weight is 440 g/mol. The second-order valence-corrected chi connectivity index (χ2v) is 7.30. The van der Waals surface area contributed by atoms with Gasteiger partial charge in [0, 0.05) is 5.69 Å². The van der Waals surface area contributed by atoms with Crippen LogP contribution in [0.5, 0.6) is 11.5 Å². The minimum atomic E-state index is -0.357. The van der Waals surface area contributed by atoms with Gasteiger partial charge in [-0.15, -0.1) is 0 Å². The standard InChI is InChI=1S/C27H24N2O4/c1-2-32-22-15-12-21(13-16-22)28-27(31)24-9-5-6-10-25(24)29-26(30)18-33-23-14-11-19-7-3-4-8-20(19)17-23/h3-17H,2,18H2,1H3,(H,28,31)(H,29,30). The maximum atomic E-state index is 12.8. The molecule has 33 heavy (non-hydrogen) atoms. The lowest BCUT2D eigenvalue weighted by molar-refractivity contribution is -0.118. The van der Waals surface area contributed by atoms with Gasteiger partial charge in [0.1, 0.15) is 11.5 Å². The Kier molecular flexibility index (Phi) is 6.85. The molecule has 0 atom stereocenters. The summed E-state index contributed by atoms with van der Waals surface area (Å²) in [5.74, 6) is 0.648. The number of carbonyl (C=O) groups is 2. The van der Waals surface area contributed by atoms with E-state index in [1.165, 1.54) is 0 Å². The third kappa shape index (κ3) is 5.68. The second kappa shape index (κ2) is 10.3. The molecule has 2 amide bonds. The van der Waals surface area contributed by atoms with Crippen molar-refractivity contribution in [2.24, 2.45) is 0 Å². The lowest BCUT2D eigenvalue weighted by Gasteiger charge is -2.12. The summed E-state index contributed by atoms with van der Waals surface area (Å²) in [7, 11) is 0. The molecule has 0 aliphatic carbocycles. The van der Waals surface area contributed by atoms with Crippen LogP contribution in [0.2, 0.25) is 0 Å². The first-order valence-corrected chi connectivity index (χ1v) is 10.7. The first kappa shape index (κ1) is 21.9. The highest BCUT2D eigenvalue weighted by Gasteiger charge is 2.14. The van der Waals surface area contributed by atoms with Crippen molar-refractivity contribution in [3.05, 3.63) is 96.6 Å². The van der Waals surface area contributed by atoms with Gasteiger partial charge < -0.3 is 20.1 Å². The number of nitrogens with one attached hydrogen (secondary N) is 2. The van der Waals surface area contributed by atoms with Gasteiger partial charge in [-0.05, 0) is 66.2 Å². The lowest BCUT2D eigenvalue weighted by Crippen LogP contribution is -2.22. The topological polar surface area (TPSA) is 76.7 Å². The Balaban J connectivity index is 1.38. The van der Waals surface area contributed by atoms with Crippen LogP contribution in [0.15, 0.2) is 91.0 Å². The second-order valence-electron chi connectivity index (χ2n) is 7.30. The number of para-hydroxylation sites is 1. The zero-order chi connectivity index (χ0) is 23.0. The first-order chi connectivity index (χ1) is 16.1. The molecule has 0 heterocycles. The van der Waals surface area contributed by atoms with Crippen LogP contribution in [-0.4, -0.2) is 25.0 Å². The van der Waals surface area contributed by atoms with Crippen LogP contribution < -0.4 is 20.1 Å². The van der Waals surface area contributed by atoms with Crippen molar-refractivity contribution in [1.82, 2.24) is 0 Å². The minimum absolute atomic E-state index is 0.173. The van der Waals surface area contributed by atoms with E-state index in [-0.39, 0.29) is 18.4 Å². The zero-order valence-corrected chi connectivity index (χ0v) is 18.2. The largest absolute Gasteiger partial charge is 0.494 e. The van der Waals surface area contributed by atoms with Crippen LogP contribution >= 0.6 is 0 Å². The summed E-state index contributed by atoms with van der Waals surface area (Å²) in [4.78, 5) is 25.3. The van der Waals surface area contributed by atoms with E-state index in [9.17, 15) is 9.59 Å². The van der Waals surface area contributed by atoms with Gasteiger partial charge in [0.15, 0.2) is 6.61 Å². The van der Waals surface area contributed by atoms with E-state index in [1.54, 1.807) is 48.5 Å². The Morgan fingerprint density at radius 3 is 2.21 bits per heavy atom. The Morgan fingerprint density at radius 2 is 1.42 bits per heavy atom. The highest BCUT2D eigenvalue weighted by atomic mass is 16.5. The SMILES string of the molecule is CCOc1ccc(NC(=O)c2ccccc2NC(=O)COc2ccc3ccccc3c2)cc1. The number of fused-ring (bicyclic) bond motifs is 1. The number of hydrogen-bond acceptors (Lipinski definition) is 4. The van der Waals surface area contributed by atoms with Crippen molar-refractivity contribution in [3.63, 3.8) is 0 Å². The molecule has 0 fully saturated rings. The molecule has 0 aliphatic heterocycles. The van der Waals surface area contributed by atoms with E-state index in [0.29, 0.717) is 29.3 Å². The molecular formula is C27H24N2O4. The summed E-state index contributed by atoms with van der Waals surface area (Å²) in [6.07, 6.45) is 0. The van der Waals surface area contributed by atoms with E-state index in [0.717, 1.165) is 16.5 Å². The molecule has 0 aromatic heterocycles. The van der Waals surface area contributed by atoms with Gasteiger partial charge >= 0.3 is 0 Å². The average Bonchev–Trinajstić information content (AvgIpc) is 2.84. The van der Waals surface area contributed by atoms with Crippen molar-refractivity contribution in [2.75, 3.05) is 23.8 Å². The van der Waals surface area contributed by atoms with Crippen molar-refractivity contribution in [1.29, 1.82) is 0 Å². The van der Waals surface area contributed by atoms with E-state index in [4.69, 9.17) is 9.47 Å². The van der Waals surface area contributed by atoms with E-state index < -0.39 is 0 Å². The Bertz CT molecular complexity index is 1270. The molecule has 6 heteroatoms. The van der Waals surface area contributed by atoms with Crippen LogP contribution in [0.1, 0.15) is 17.3 Å². The molecule has 0 bridgehead atoms. The van der Waals surface area contributed by atoms with Crippen LogP contribution in [0.4, 0.5) is 11.4 Å². The van der Waals surface area contributed by atoms with Gasteiger partial charge in [-0.3, -0.25) is 9.59 Å². The molecule has 4 aromatic carbocycles. The first-order valence-electron chi connectivity index (χ1n) is 10.7. The quantitative estimate of drug-likeness (QED) is 0.379. The molecule has 0 saturated carbocycles. The predicted molar refractivity (Wildman–Crippen MR) is 130 cm³/mol. The molecule has 166 valence electrons. The molecule has 6 nitrogen and oxygen atoms in total. The molecule has 0 unspecified atom stereocenters. The monoisotopic (exact) mass is 440 g/mol. The molecule has 2 N–H and O–H groups in total. The molecule has 4 aromatic rings. The number of hydrogen-bond donors (Lipinski definition) is 2. The lowest BCUT2D eigenvalue weighted by atomic mass is 10.1. The van der Waals surface area contributed by atoms with Gasteiger partial charge in [-0.2, -0.15) is 0 Å². The molecular weight excluding hydrogens is 416 g/mol. The van der Waals surface area contributed by atoms with Crippen LogP contribution in [0.3, 0.4) is 0 Å². The van der Waals surface area contributed by atoms with E-state index >= 15 is 0 Å². The van der Waals surface area contributed by atoms with Crippen molar-refractivity contribution >= 4 is 34.0 Å². The Labute approximate surface area is 192 Å². The normalized spacial score (nSPS) is 10.5. The molecule has 4 rings (SSSR count). The molecule has 0 aliphatic rings. The van der Waals surface area contributed by atoms with Crippen molar-refractivity contribution in [3.8, 4) is 11.5 Å². The van der Waals surface area contributed by atoms with Crippen LogP contribution in [-0.2, 0) is 4.79 Å². The van der Waals surface area contributed by atoms with Gasteiger partial charge in [-0.25, -0.2) is 0 Å². The van der Waals surface area contributed by atoms with Crippen LogP contribution in [0, 0.1) is 0 Å². The molecule has 0 spiro atoms. The maximum Gasteiger partial charge on any atom is 0.262 e. The van der Waals surface area contributed by atoms with Crippen LogP contribution in [0.25, 0.3) is 10.8 Å². The highest BCUT2D eigenvalue weighted by molar-refractivity contribution is 6.10. The minimum Gasteiger partial charge on any atom is -0.494 e. The summed E-state index contributed by atoms with van der Waals surface area (Å²) >= 11 is 0. The number of rotatable bonds is 8. The molecule has 0 saturated heterocycles. The van der Waals surface area contributed by atoms with Crippen molar-refractivity contribution in [2.45, 2.75) is 6.92 Å². The summed E-state index contributed by atoms with van der Waals surface area (Å²) in [6.45, 7) is 2.31. The third-order valence-electron chi connectivity index (χ3n) is 4.96.